The predicted molar refractivity (Wildman–Crippen MR) is 99.4 cm³/mol. The lowest BCUT2D eigenvalue weighted by Crippen LogP contribution is -2.09. The average Bonchev–Trinajstić information content (AvgIpc) is 3.09. The minimum absolute atomic E-state index is 0.304. The van der Waals surface area contributed by atoms with Crippen LogP contribution < -0.4 is 5.32 Å². The summed E-state index contributed by atoms with van der Waals surface area (Å²) in [4.78, 5) is 16.1. The fourth-order valence-electron chi connectivity index (χ4n) is 3.57. The van der Waals surface area contributed by atoms with Gasteiger partial charge in [-0.1, -0.05) is 30.3 Å². The topological polar surface area (TPSA) is 62.2 Å². The van der Waals surface area contributed by atoms with Crippen LogP contribution in [-0.4, -0.2) is 22.6 Å². The van der Waals surface area contributed by atoms with Crippen molar-refractivity contribution in [3.8, 4) is 0 Å². The number of aromatic carboxylic acids is 1. The Morgan fingerprint density at radius 2 is 1.96 bits per heavy atom. The van der Waals surface area contributed by atoms with E-state index in [1.807, 2.05) is 24.3 Å². The molecule has 2 aromatic carbocycles. The zero-order valence-electron chi connectivity index (χ0n) is 14.0. The molecule has 0 fully saturated rings. The molecule has 1 heterocycles. The van der Waals surface area contributed by atoms with Gasteiger partial charge in [0.1, 0.15) is 0 Å². The highest BCUT2D eigenvalue weighted by Crippen LogP contribution is 2.34. The number of rotatable bonds is 5. The van der Waals surface area contributed by atoms with E-state index in [1.165, 1.54) is 11.1 Å². The van der Waals surface area contributed by atoms with Crippen molar-refractivity contribution >= 4 is 22.6 Å². The number of aryl methyl sites for hydroxylation is 1. The Balaban J connectivity index is 1.69. The molecule has 1 aliphatic rings. The van der Waals surface area contributed by atoms with Gasteiger partial charge in [0, 0.05) is 23.3 Å². The number of carboxylic acid groups (broad SMARTS) is 1. The Bertz CT molecular complexity index is 936. The van der Waals surface area contributed by atoms with E-state index in [4.69, 9.17) is 4.98 Å². The third kappa shape index (κ3) is 3.07. The molecule has 0 saturated heterocycles. The van der Waals surface area contributed by atoms with Crippen LogP contribution in [0.4, 0.5) is 5.69 Å². The zero-order valence-corrected chi connectivity index (χ0v) is 14.0. The van der Waals surface area contributed by atoms with Crippen LogP contribution in [0, 0.1) is 0 Å². The number of hydrogen-bond acceptors (Lipinski definition) is 3. The predicted octanol–water partition coefficient (Wildman–Crippen LogP) is 4.08. The van der Waals surface area contributed by atoms with Crippen molar-refractivity contribution in [2.24, 2.45) is 0 Å². The first-order valence-electron chi connectivity index (χ1n) is 8.69. The second-order valence-corrected chi connectivity index (χ2v) is 6.47. The first-order valence-corrected chi connectivity index (χ1v) is 8.69. The molecule has 4 rings (SSSR count). The highest BCUT2D eigenvalue weighted by atomic mass is 16.4. The Labute approximate surface area is 146 Å². The Morgan fingerprint density at radius 3 is 2.76 bits per heavy atom. The van der Waals surface area contributed by atoms with Crippen molar-refractivity contribution in [3.63, 3.8) is 0 Å². The Morgan fingerprint density at radius 1 is 1.12 bits per heavy atom. The van der Waals surface area contributed by atoms with Gasteiger partial charge in [-0.3, -0.25) is 4.98 Å². The maximum Gasteiger partial charge on any atom is 0.335 e. The molecule has 3 aromatic rings. The third-order valence-corrected chi connectivity index (χ3v) is 4.82. The molecule has 0 atom stereocenters. The number of aromatic nitrogens is 1. The molecular formula is C21H20N2O2. The lowest BCUT2D eigenvalue weighted by atomic mass is 10.0. The van der Waals surface area contributed by atoms with E-state index in [0.29, 0.717) is 5.56 Å². The average molecular weight is 332 g/mol. The maximum atomic E-state index is 11.3. The van der Waals surface area contributed by atoms with Crippen LogP contribution in [0.25, 0.3) is 10.9 Å². The molecule has 0 spiro atoms. The summed E-state index contributed by atoms with van der Waals surface area (Å²) < 4.78 is 0. The van der Waals surface area contributed by atoms with Crippen LogP contribution in [0.1, 0.15) is 33.6 Å². The molecule has 1 aliphatic carbocycles. The van der Waals surface area contributed by atoms with E-state index in [1.54, 1.807) is 12.1 Å². The van der Waals surface area contributed by atoms with Gasteiger partial charge in [-0.2, -0.15) is 0 Å². The van der Waals surface area contributed by atoms with Crippen LogP contribution in [0.2, 0.25) is 0 Å². The van der Waals surface area contributed by atoms with Crippen molar-refractivity contribution in [2.45, 2.75) is 25.7 Å². The van der Waals surface area contributed by atoms with Crippen LogP contribution in [0.3, 0.4) is 0 Å². The third-order valence-electron chi connectivity index (χ3n) is 4.82. The van der Waals surface area contributed by atoms with E-state index in [0.717, 1.165) is 54.5 Å². The summed E-state index contributed by atoms with van der Waals surface area (Å²) in [6, 6.07) is 15.6. The minimum Gasteiger partial charge on any atom is -0.478 e. The molecule has 0 radical (unpaired) electrons. The highest BCUT2D eigenvalue weighted by Gasteiger charge is 2.20. The quantitative estimate of drug-likeness (QED) is 0.739. The van der Waals surface area contributed by atoms with Gasteiger partial charge < -0.3 is 10.4 Å². The van der Waals surface area contributed by atoms with Gasteiger partial charge in [0.15, 0.2) is 0 Å². The summed E-state index contributed by atoms with van der Waals surface area (Å²) in [6.45, 7) is 0.812. The number of anilines is 1. The summed E-state index contributed by atoms with van der Waals surface area (Å²) in [5.74, 6) is -0.905. The largest absolute Gasteiger partial charge is 0.478 e. The lowest BCUT2D eigenvalue weighted by Gasteiger charge is -2.15. The van der Waals surface area contributed by atoms with Crippen molar-refractivity contribution < 1.29 is 9.90 Å². The summed E-state index contributed by atoms with van der Waals surface area (Å²) in [5, 5.41) is 13.8. The van der Waals surface area contributed by atoms with E-state index in [-0.39, 0.29) is 0 Å². The summed E-state index contributed by atoms with van der Waals surface area (Å²) in [7, 11) is 0. The van der Waals surface area contributed by atoms with Crippen molar-refractivity contribution in [2.75, 3.05) is 11.9 Å². The SMILES string of the molecule is O=C(O)c1ccc2nc3c(c(NCCc4ccccc4)c2c1)CCC3. The van der Waals surface area contributed by atoms with Crippen molar-refractivity contribution in [3.05, 3.63) is 70.9 Å². The lowest BCUT2D eigenvalue weighted by molar-refractivity contribution is 0.0697. The Hall–Kier alpha value is -2.88. The van der Waals surface area contributed by atoms with Crippen LogP contribution in [0.5, 0.6) is 0 Å². The van der Waals surface area contributed by atoms with Gasteiger partial charge in [-0.25, -0.2) is 4.79 Å². The molecule has 2 N–H and O–H groups in total. The summed E-state index contributed by atoms with van der Waals surface area (Å²) >= 11 is 0. The molecule has 4 nitrogen and oxygen atoms in total. The van der Waals surface area contributed by atoms with Gasteiger partial charge in [0.2, 0.25) is 0 Å². The molecule has 0 aliphatic heterocycles. The number of carbonyl (C=O) groups is 1. The second-order valence-electron chi connectivity index (χ2n) is 6.47. The van der Waals surface area contributed by atoms with E-state index < -0.39 is 5.97 Å². The standard InChI is InChI=1S/C21H20N2O2/c24-21(25)15-9-10-19-17(13-15)20(16-7-4-8-18(16)23-19)22-12-11-14-5-2-1-3-6-14/h1-3,5-6,9-10,13H,4,7-8,11-12H2,(H,22,23)(H,24,25). The van der Waals surface area contributed by atoms with E-state index in [9.17, 15) is 9.90 Å². The highest BCUT2D eigenvalue weighted by molar-refractivity contribution is 5.99. The maximum absolute atomic E-state index is 11.3. The smallest absolute Gasteiger partial charge is 0.335 e. The molecule has 4 heteroatoms. The Kier molecular flexibility index (Phi) is 4.10. The van der Waals surface area contributed by atoms with Crippen molar-refractivity contribution in [1.29, 1.82) is 0 Å². The van der Waals surface area contributed by atoms with Crippen LogP contribution >= 0.6 is 0 Å². The summed E-state index contributed by atoms with van der Waals surface area (Å²) in [6.07, 6.45) is 4.04. The number of pyridine rings is 1. The first kappa shape index (κ1) is 15.6. The number of nitrogens with zero attached hydrogens (tertiary/aromatic N) is 1. The molecule has 1 aromatic heterocycles. The molecule has 0 saturated carbocycles. The number of carboxylic acids is 1. The van der Waals surface area contributed by atoms with Gasteiger partial charge in [-0.15, -0.1) is 0 Å². The molecule has 0 unspecified atom stereocenters. The fraction of sp³-hybridized carbons (Fsp3) is 0.238. The van der Waals surface area contributed by atoms with E-state index in [2.05, 4.69) is 17.4 Å². The van der Waals surface area contributed by atoms with Gasteiger partial charge in [0.25, 0.3) is 0 Å². The molecule has 25 heavy (non-hydrogen) atoms. The summed E-state index contributed by atoms with van der Waals surface area (Å²) in [5.41, 5.74) is 5.93. The molecule has 126 valence electrons. The zero-order chi connectivity index (χ0) is 17.2. The molecular weight excluding hydrogens is 312 g/mol. The van der Waals surface area contributed by atoms with Crippen molar-refractivity contribution in [1.82, 2.24) is 4.98 Å². The van der Waals surface area contributed by atoms with Crippen LogP contribution in [-0.2, 0) is 19.3 Å². The fourth-order valence-corrected chi connectivity index (χ4v) is 3.57. The minimum atomic E-state index is -0.905. The number of fused-ring (bicyclic) bond motifs is 2. The number of benzene rings is 2. The second kappa shape index (κ2) is 6.55. The van der Waals surface area contributed by atoms with E-state index >= 15 is 0 Å². The van der Waals surface area contributed by atoms with Gasteiger partial charge in [0.05, 0.1) is 11.1 Å². The monoisotopic (exact) mass is 332 g/mol. The number of nitrogens with one attached hydrogen (secondary N) is 1. The van der Waals surface area contributed by atoms with Gasteiger partial charge in [-0.05, 0) is 55.0 Å². The van der Waals surface area contributed by atoms with Gasteiger partial charge >= 0.3 is 5.97 Å². The normalized spacial score (nSPS) is 13.0. The number of hydrogen-bond donors (Lipinski definition) is 2. The molecule has 0 bridgehead atoms. The first-order chi connectivity index (χ1) is 12.2. The molecule has 0 amide bonds. The van der Waals surface area contributed by atoms with Crippen LogP contribution in [0.15, 0.2) is 48.5 Å².